The number of halogens is 2. The molecule has 0 spiro atoms. The van der Waals surface area contributed by atoms with E-state index in [0.717, 1.165) is 5.56 Å². The molecule has 0 aliphatic heterocycles. The third-order valence-electron chi connectivity index (χ3n) is 2.60. The van der Waals surface area contributed by atoms with E-state index in [2.05, 4.69) is 17.2 Å². The van der Waals surface area contributed by atoms with Crippen LogP contribution in [0.15, 0.2) is 42.5 Å². The van der Waals surface area contributed by atoms with Gasteiger partial charge in [0.25, 0.3) is 5.91 Å². The molecule has 0 saturated heterocycles. The fraction of sp³-hybridized carbons (Fsp3) is 0.0625. The molecule has 5 heteroatoms. The summed E-state index contributed by atoms with van der Waals surface area (Å²) in [4.78, 5) is 12.1. The largest absolute Gasteiger partial charge is 0.322 e. The molecule has 21 heavy (non-hydrogen) atoms. The second-order valence-electron chi connectivity index (χ2n) is 4.20. The quantitative estimate of drug-likeness (QED) is 0.832. The average Bonchev–Trinajstić information content (AvgIpc) is 2.45. The monoisotopic (exact) mass is 318 g/mol. The Labute approximate surface area is 133 Å². The number of amides is 1. The fourth-order valence-electron chi connectivity index (χ4n) is 1.68. The second kappa shape index (κ2) is 7.14. The molecule has 0 atom stereocenters. The van der Waals surface area contributed by atoms with Gasteiger partial charge in [0.15, 0.2) is 0 Å². The lowest BCUT2D eigenvalue weighted by atomic mass is 10.2. The van der Waals surface area contributed by atoms with Crippen molar-refractivity contribution in [1.29, 1.82) is 0 Å². The normalized spacial score (nSPS) is 9.67. The second-order valence-corrected chi connectivity index (χ2v) is 5.07. The van der Waals surface area contributed by atoms with E-state index in [-0.39, 0.29) is 5.91 Å². The Morgan fingerprint density at radius 3 is 2.29 bits per heavy atom. The number of nitrogens with one attached hydrogen (secondary N) is 1. The molecule has 3 nitrogen and oxygen atoms in total. The van der Waals surface area contributed by atoms with Crippen LogP contribution in [0, 0.1) is 11.8 Å². The molecule has 0 bridgehead atoms. The lowest BCUT2D eigenvalue weighted by molar-refractivity contribution is 0.102. The van der Waals surface area contributed by atoms with Crippen molar-refractivity contribution in [3.8, 4) is 11.8 Å². The van der Waals surface area contributed by atoms with Crippen LogP contribution in [0.2, 0.25) is 10.0 Å². The average molecular weight is 319 g/mol. The lowest BCUT2D eigenvalue weighted by Gasteiger charge is -2.06. The Balaban J connectivity index is 2.12. The molecule has 0 unspecified atom stereocenters. The number of hydrogen-bond donors (Lipinski definition) is 2. The van der Waals surface area contributed by atoms with E-state index in [1.54, 1.807) is 30.3 Å². The minimum absolute atomic E-state index is 0.278. The molecule has 0 saturated carbocycles. The first-order chi connectivity index (χ1) is 10.1. The maximum Gasteiger partial charge on any atom is 0.255 e. The molecule has 1 amide bonds. The SMILES string of the molecule is NCC#Cc1ccc(NC(=O)c2cc(Cl)cc(Cl)c2)cc1. The summed E-state index contributed by atoms with van der Waals surface area (Å²) >= 11 is 11.8. The van der Waals surface area contributed by atoms with Crippen LogP contribution in [0.4, 0.5) is 5.69 Å². The van der Waals surface area contributed by atoms with Crippen LogP contribution in [0.5, 0.6) is 0 Å². The predicted molar refractivity (Wildman–Crippen MR) is 86.8 cm³/mol. The van der Waals surface area contributed by atoms with Gasteiger partial charge >= 0.3 is 0 Å². The molecule has 0 aliphatic rings. The van der Waals surface area contributed by atoms with Crippen LogP contribution >= 0.6 is 23.2 Å². The van der Waals surface area contributed by atoms with Crippen molar-refractivity contribution in [2.75, 3.05) is 11.9 Å². The highest BCUT2D eigenvalue weighted by molar-refractivity contribution is 6.35. The van der Waals surface area contributed by atoms with Gasteiger partial charge in [0.1, 0.15) is 0 Å². The van der Waals surface area contributed by atoms with Gasteiger partial charge in [0.2, 0.25) is 0 Å². The standard InChI is InChI=1S/C16H12Cl2N2O/c17-13-8-12(9-14(18)10-13)16(21)20-15-5-3-11(4-6-15)2-1-7-19/h3-6,8-10H,7,19H2,(H,20,21). The Bertz CT molecular complexity index is 695. The molecule has 0 aromatic heterocycles. The predicted octanol–water partition coefficient (Wildman–Crippen LogP) is 3.56. The van der Waals surface area contributed by atoms with Gasteiger partial charge in [-0.1, -0.05) is 35.0 Å². The topological polar surface area (TPSA) is 55.1 Å². The van der Waals surface area contributed by atoms with Crippen LogP contribution in [-0.4, -0.2) is 12.5 Å². The number of hydrogen-bond acceptors (Lipinski definition) is 2. The van der Waals surface area contributed by atoms with Gasteiger partial charge in [-0.2, -0.15) is 0 Å². The highest BCUT2D eigenvalue weighted by Crippen LogP contribution is 2.20. The van der Waals surface area contributed by atoms with Crippen molar-refractivity contribution in [1.82, 2.24) is 0 Å². The van der Waals surface area contributed by atoms with E-state index >= 15 is 0 Å². The number of benzene rings is 2. The van der Waals surface area contributed by atoms with Crippen LogP contribution in [0.1, 0.15) is 15.9 Å². The Kier molecular flexibility index (Phi) is 5.24. The smallest absolute Gasteiger partial charge is 0.255 e. The maximum atomic E-state index is 12.1. The third kappa shape index (κ3) is 4.51. The van der Waals surface area contributed by atoms with Crippen LogP contribution in [-0.2, 0) is 0 Å². The first-order valence-electron chi connectivity index (χ1n) is 6.15. The van der Waals surface area contributed by atoms with Gasteiger partial charge in [-0.25, -0.2) is 0 Å². The fourth-order valence-corrected chi connectivity index (χ4v) is 2.20. The summed E-state index contributed by atoms with van der Waals surface area (Å²) < 4.78 is 0. The number of rotatable bonds is 2. The third-order valence-corrected chi connectivity index (χ3v) is 3.04. The molecule has 2 rings (SSSR count). The number of carbonyl (C=O) groups is 1. The zero-order chi connectivity index (χ0) is 15.2. The van der Waals surface area contributed by atoms with Crippen LogP contribution in [0.3, 0.4) is 0 Å². The summed E-state index contributed by atoms with van der Waals surface area (Å²) in [5, 5.41) is 3.60. The lowest BCUT2D eigenvalue weighted by Crippen LogP contribution is -2.11. The van der Waals surface area contributed by atoms with Gasteiger partial charge in [0, 0.05) is 26.9 Å². The van der Waals surface area contributed by atoms with Crippen molar-refractivity contribution in [3.05, 3.63) is 63.6 Å². The minimum atomic E-state index is -0.278. The molecular weight excluding hydrogens is 307 g/mol. The molecular formula is C16H12Cl2N2O. The van der Waals surface area contributed by atoms with E-state index < -0.39 is 0 Å². The molecule has 0 aliphatic carbocycles. The number of anilines is 1. The van der Waals surface area contributed by atoms with E-state index in [4.69, 9.17) is 28.9 Å². The van der Waals surface area contributed by atoms with Gasteiger partial charge < -0.3 is 11.1 Å². The highest BCUT2D eigenvalue weighted by Gasteiger charge is 2.08. The van der Waals surface area contributed by atoms with Crippen molar-refractivity contribution in [2.45, 2.75) is 0 Å². The Morgan fingerprint density at radius 2 is 1.71 bits per heavy atom. The summed E-state index contributed by atoms with van der Waals surface area (Å²) in [6.07, 6.45) is 0. The first kappa shape index (κ1) is 15.4. The van der Waals surface area contributed by atoms with E-state index in [0.29, 0.717) is 27.8 Å². The van der Waals surface area contributed by atoms with Gasteiger partial charge in [0.05, 0.1) is 6.54 Å². The molecule has 106 valence electrons. The summed E-state index contributed by atoms with van der Waals surface area (Å²) in [5.41, 5.74) is 7.21. The van der Waals surface area contributed by atoms with E-state index in [1.165, 1.54) is 0 Å². The molecule has 0 fully saturated rings. The molecule has 3 N–H and O–H groups in total. The number of nitrogens with two attached hydrogens (primary N) is 1. The van der Waals surface area contributed by atoms with Crippen molar-refractivity contribution >= 4 is 34.8 Å². The zero-order valence-electron chi connectivity index (χ0n) is 11.0. The highest BCUT2D eigenvalue weighted by atomic mass is 35.5. The first-order valence-corrected chi connectivity index (χ1v) is 6.90. The molecule has 2 aromatic rings. The van der Waals surface area contributed by atoms with Crippen LogP contribution in [0.25, 0.3) is 0 Å². The molecule has 0 heterocycles. The van der Waals surface area contributed by atoms with Crippen LogP contribution < -0.4 is 11.1 Å². The summed E-state index contributed by atoms with van der Waals surface area (Å²) in [6.45, 7) is 0.314. The summed E-state index contributed by atoms with van der Waals surface area (Å²) in [5.74, 6) is 5.40. The summed E-state index contributed by atoms with van der Waals surface area (Å²) in [6, 6.07) is 11.8. The Morgan fingerprint density at radius 1 is 1.10 bits per heavy atom. The molecule has 2 aromatic carbocycles. The van der Waals surface area contributed by atoms with Crippen molar-refractivity contribution < 1.29 is 4.79 Å². The molecule has 0 radical (unpaired) electrons. The van der Waals surface area contributed by atoms with Crippen molar-refractivity contribution in [2.24, 2.45) is 5.73 Å². The Hall–Kier alpha value is -1.99. The summed E-state index contributed by atoms with van der Waals surface area (Å²) in [7, 11) is 0. The van der Waals surface area contributed by atoms with E-state index in [1.807, 2.05) is 12.1 Å². The zero-order valence-corrected chi connectivity index (χ0v) is 12.5. The van der Waals surface area contributed by atoms with Gasteiger partial charge in [-0.05, 0) is 42.5 Å². The van der Waals surface area contributed by atoms with E-state index in [9.17, 15) is 4.79 Å². The van der Waals surface area contributed by atoms with Crippen molar-refractivity contribution in [3.63, 3.8) is 0 Å². The van der Waals surface area contributed by atoms with Gasteiger partial charge in [-0.15, -0.1) is 0 Å². The van der Waals surface area contributed by atoms with Gasteiger partial charge in [-0.3, -0.25) is 4.79 Å². The maximum absolute atomic E-state index is 12.1. The number of carbonyl (C=O) groups excluding carboxylic acids is 1. The minimum Gasteiger partial charge on any atom is -0.322 e.